The predicted octanol–water partition coefficient (Wildman–Crippen LogP) is 4.17. The molecule has 0 aliphatic rings. The Kier molecular flexibility index (Phi) is 8.53. The molecule has 164 valence electrons. The molecule has 2 aromatic carbocycles. The van der Waals surface area contributed by atoms with Crippen molar-refractivity contribution in [3.05, 3.63) is 60.2 Å². The minimum absolute atomic E-state index is 0.0196. The maximum Gasteiger partial charge on any atom is 0.230 e. The van der Waals surface area contributed by atoms with Gasteiger partial charge in [0, 0.05) is 37.9 Å². The normalized spacial score (nSPS) is 10.8. The lowest BCUT2D eigenvalue weighted by atomic mass is 10.1. The highest BCUT2D eigenvalue weighted by Crippen LogP contribution is 2.25. The fourth-order valence-corrected chi connectivity index (χ4v) is 4.19. The Morgan fingerprint density at radius 1 is 1.03 bits per heavy atom. The minimum Gasteiger partial charge on any atom is -0.372 e. The molecule has 1 heterocycles. The lowest BCUT2D eigenvalue weighted by Gasteiger charge is -2.21. The van der Waals surface area contributed by atoms with Crippen LogP contribution in [0.3, 0.4) is 0 Å². The Hall–Kier alpha value is -2.80. The first-order chi connectivity index (χ1) is 15.1. The molecule has 0 unspecified atom stereocenters. The van der Waals surface area contributed by atoms with Crippen LogP contribution in [0.25, 0.3) is 11.4 Å². The number of amides is 1. The van der Waals surface area contributed by atoms with Crippen molar-refractivity contribution in [2.24, 2.45) is 7.05 Å². The number of aromatic nitrogens is 3. The molecule has 0 aliphatic carbocycles. The monoisotopic (exact) mass is 437 g/mol. The quantitative estimate of drug-likeness (QED) is 0.360. The summed E-state index contributed by atoms with van der Waals surface area (Å²) in [5, 5.41) is 12.3. The standard InChI is InChI=1S/C24H31N5OS/c1-4-29(5-2)21-15-13-20(14-16-21)23-26-27-24(28(23)3)31-18-22(30)25-17-9-12-19-10-7-6-8-11-19/h6-8,10-11,13-16H,4-5,9,12,17-18H2,1-3H3,(H,25,30). The molecule has 0 saturated heterocycles. The lowest BCUT2D eigenvalue weighted by molar-refractivity contribution is -0.118. The van der Waals surface area contributed by atoms with E-state index < -0.39 is 0 Å². The van der Waals surface area contributed by atoms with E-state index in [9.17, 15) is 4.79 Å². The summed E-state index contributed by atoms with van der Waals surface area (Å²) in [7, 11) is 1.94. The van der Waals surface area contributed by atoms with E-state index in [4.69, 9.17) is 0 Å². The van der Waals surface area contributed by atoms with Crippen molar-refractivity contribution < 1.29 is 4.79 Å². The first kappa shape index (κ1) is 22.9. The molecule has 0 bridgehead atoms. The van der Waals surface area contributed by atoms with Crippen molar-refractivity contribution >= 4 is 23.4 Å². The molecule has 0 aliphatic heterocycles. The van der Waals surface area contributed by atoms with Gasteiger partial charge in [-0.2, -0.15) is 0 Å². The molecular formula is C24H31N5OS. The number of carbonyl (C=O) groups excluding carboxylic acids is 1. The van der Waals surface area contributed by atoms with Gasteiger partial charge in [0.25, 0.3) is 0 Å². The zero-order valence-electron chi connectivity index (χ0n) is 18.5. The summed E-state index contributed by atoms with van der Waals surface area (Å²) in [6.07, 6.45) is 1.89. The molecule has 31 heavy (non-hydrogen) atoms. The van der Waals surface area contributed by atoms with Gasteiger partial charge in [0.15, 0.2) is 11.0 Å². The van der Waals surface area contributed by atoms with E-state index in [1.165, 1.54) is 23.0 Å². The van der Waals surface area contributed by atoms with Crippen LogP contribution in [0, 0.1) is 0 Å². The molecule has 1 aromatic heterocycles. The van der Waals surface area contributed by atoms with Crippen LogP contribution in [-0.4, -0.2) is 46.1 Å². The second-order valence-electron chi connectivity index (χ2n) is 7.31. The van der Waals surface area contributed by atoms with Crippen LogP contribution in [0.15, 0.2) is 59.8 Å². The number of anilines is 1. The van der Waals surface area contributed by atoms with Crippen LogP contribution in [0.2, 0.25) is 0 Å². The number of carbonyl (C=O) groups is 1. The summed E-state index contributed by atoms with van der Waals surface area (Å²) in [5.41, 5.74) is 3.51. The summed E-state index contributed by atoms with van der Waals surface area (Å²) >= 11 is 1.41. The molecule has 0 fully saturated rings. The van der Waals surface area contributed by atoms with Crippen LogP contribution in [0.1, 0.15) is 25.8 Å². The number of nitrogens with one attached hydrogen (secondary N) is 1. The number of benzene rings is 2. The molecule has 0 saturated carbocycles. The lowest BCUT2D eigenvalue weighted by Crippen LogP contribution is -2.26. The number of thioether (sulfide) groups is 1. The van der Waals surface area contributed by atoms with Gasteiger partial charge in [0.05, 0.1) is 5.75 Å². The maximum atomic E-state index is 12.2. The molecular weight excluding hydrogens is 406 g/mol. The van der Waals surface area contributed by atoms with Gasteiger partial charge in [-0.3, -0.25) is 4.79 Å². The third-order valence-electron chi connectivity index (χ3n) is 5.23. The first-order valence-electron chi connectivity index (χ1n) is 10.8. The van der Waals surface area contributed by atoms with Crippen molar-refractivity contribution in [1.82, 2.24) is 20.1 Å². The second kappa shape index (κ2) is 11.6. The van der Waals surface area contributed by atoms with Crippen LogP contribution >= 0.6 is 11.8 Å². The Balaban J connectivity index is 1.48. The maximum absolute atomic E-state index is 12.2. The average Bonchev–Trinajstić information content (AvgIpc) is 3.17. The van der Waals surface area contributed by atoms with E-state index in [-0.39, 0.29) is 5.91 Å². The zero-order chi connectivity index (χ0) is 22.1. The van der Waals surface area contributed by atoms with Crippen molar-refractivity contribution in [3.8, 4) is 11.4 Å². The summed E-state index contributed by atoms with van der Waals surface area (Å²) in [6.45, 7) is 6.95. The van der Waals surface area contributed by atoms with Gasteiger partial charge in [0.1, 0.15) is 0 Å². The van der Waals surface area contributed by atoms with Crippen molar-refractivity contribution in [2.45, 2.75) is 31.8 Å². The number of rotatable bonds is 11. The van der Waals surface area contributed by atoms with Crippen LogP contribution in [0.4, 0.5) is 5.69 Å². The van der Waals surface area contributed by atoms with Gasteiger partial charge in [-0.1, -0.05) is 42.1 Å². The Morgan fingerprint density at radius 2 is 1.74 bits per heavy atom. The summed E-state index contributed by atoms with van der Waals surface area (Å²) in [4.78, 5) is 14.5. The molecule has 0 radical (unpaired) electrons. The summed E-state index contributed by atoms with van der Waals surface area (Å²) in [6, 6.07) is 18.7. The van der Waals surface area contributed by atoms with Gasteiger partial charge in [-0.15, -0.1) is 10.2 Å². The fraction of sp³-hybridized carbons (Fsp3) is 0.375. The van der Waals surface area contributed by atoms with E-state index in [1.54, 1.807) is 0 Å². The highest BCUT2D eigenvalue weighted by atomic mass is 32.2. The molecule has 1 N–H and O–H groups in total. The smallest absolute Gasteiger partial charge is 0.230 e. The SMILES string of the molecule is CCN(CC)c1ccc(-c2nnc(SCC(=O)NCCCc3ccccc3)n2C)cc1. The molecule has 3 rings (SSSR count). The van der Waals surface area contributed by atoms with Crippen LogP contribution < -0.4 is 10.2 Å². The Morgan fingerprint density at radius 3 is 2.42 bits per heavy atom. The van der Waals surface area contributed by atoms with Crippen molar-refractivity contribution in [2.75, 3.05) is 30.3 Å². The van der Waals surface area contributed by atoms with E-state index in [2.05, 4.69) is 70.7 Å². The highest BCUT2D eigenvalue weighted by Gasteiger charge is 2.13. The van der Waals surface area contributed by atoms with Gasteiger partial charge < -0.3 is 14.8 Å². The van der Waals surface area contributed by atoms with Gasteiger partial charge in [-0.25, -0.2) is 0 Å². The number of hydrogen-bond donors (Lipinski definition) is 1. The highest BCUT2D eigenvalue weighted by molar-refractivity contribution is 7.99. The Labute approximate surface area is 189 Å². The third kappa shape index (κ3) is 6.34. The molecule has 0 spiro atoms. The number of nitrogens with zero attached hydrogens (tertiary/aromatic N) is 4. The largest absolute Gasteiger partial charge is 0.372 e. The summed E-state index contributed by atoms with van der Waals surface area (Å²) < 4.78 is 1.94. The molecule has 7 heteroatoms. The van der Waals surface area contributed by atoms with E-state index in [1.807, 2.05) is 29.8 Å². The number of hydrogen-bond acceptors (Lipinski definition) is 5. The third-order valence-corrected chi connectivity index (χ3v) is 6.25. The molecule has 3 aromatic rings. The predicted molar refractivity (Wildman–Crippen MR) is 128 cm³/mol. The Bertz CT molecular complexity index is 952. The molecule has 1 amide bonds. The fourth-order valence-electron chi connectivity index (χ4n) is 3.45. The van der Waals surface area contributed by atoms with Gasteiger partial charge >= 0.3 is 0 Å². The number of aryl methyl sites for hydroxylation is 1. The van der Waals surface area contributed by atoms with E-state index >= 15 is 0 Å². The van der Waals surface area contributed by atoms with Crippen molar-refractivity contribution in [1.29, 1.82) is 0 Å². The van der Waals surface area contributed by atoms with E-state index in [0.29, 0.717) is 12.3 Å². The van der Waals surface area contributed by atoms with Crippen LogP contribution in [-0.2, 0) is 18.3 Å². The van der Waals surface area contributed by atoms with Crippen LogP contribution in [0.5, 0.6) is 0 Å². The summed E-state index contributed by atoms with van der Waals surface area (Å²) in [5.74, 6) is 1.15. The van der Waals surface area contributed by atoms with Gasteiger partial charge in [-0.05, 0) is 56.5 Å². The minimum atomic E-state index is 0.0196. The van der Waals surface area contributed by atoms with E-state index in [0.717, 1.165) is 42.5 Å². The zero-order valence-corrected chi connectivity index (χ0v) is 19.4. The molecule has 6 nitrogen and oxygen atoms in total. The molecule has 0 atom stereocenters. The van der Waals surface area contributed by atoms with Crippen molar-refractivity contribution in [3.63, 3.8) is 0 Å². The van der Waals surface area contributed by atoms with Gasteiger partial charge in [0.2, 0.25) is 5.91 Å². The topological polar surface area (TPSA) is 63.1 Å². The average molecular weight is 438 g/mol. The first-order valence-corrected chi connectivity index (χ1v) is 11.8. The second-order valence-corrected chi connectivity index (χ2v) is 8.25.